The lowest BCUT2D eigenvalue weighted by atomic mass is 10.0. The highest BCUT2D eigenvalue weighted by Gasteiger charge is 2.25. The van der Waals surface area contributed by atoms with E-state index in [9.17, 15) is 4.79 Å². The fourth-order valence-corrected chi connectivity index (χ4v) is 3.19. The van der Waals surface area contributed by atoms with Gasteiger partial charge >= 0.3 is 5.97 Å². The number of esters is 1. The molecule has 1 atom stereocenters. The molecule has 1 unspecified atom stereocenters. The van der Waals surface area contributed by atoms with Crippen molar-refractivity contribution in [1.82, 2.24) is 14.6 Å². The first-order chi connectivity index (χ1) is 11.4. The molecule has 0 N–H and O–H groups in total. The van der Waals surface area contributed by atoms with Gasteiger partial charge in [0, 0.05) is 11.6 Å². The molecule has 0 fully saturated rings. The van der Waals surface area contributed by atoms with Crippen LogP contribution in [0.1, 0.15) is 68.9 Å². The smallest absolute Gasteiger partial charge is 0.359 e. The molecule has 0 aliphatic heterocycles. The second-order valence-corrected chi connectivity index (χ2v) is 6.99. The van der Waals surface area contributed by atoms with Crippen LogP contribution in [0.2, 0.25) is 10.3 Å². The zero-order valence-electron chi connectivity index (χ0n) is 14.5. The highest BCUT2D eigenvalue weighted by Crippen LogP contribution is 2.28. The lowest BCUT2D eigenvalue weighted by Gasteiger charge is -2.14. The summed E-state index contributed by atoms with van der Waals surface area (Å²) in [4.78, 5) is 16.8. The maximum absolute atomic E-state index is 12.6. The maximum atomic E-state index is 12.6. The van der Waals surface area contributed by atoms with E-state index in [-0.39, 0.29) is 16.8 Å². The normalized spacial score (nSPS) is 12.8. The molecule has 0 radical (unpaired) electrons. The van der Waals surface area contributed by atoms with Gasteiger partial charge in [-0.1, -0.05) is 63.7 Å². The third-order valence-electron chi connectivity index (χ3n) is 4.05. The van der Waals surface area contributed by atoms with Crippen LogP contribution in [-0.4, -0.2) is 27.2 Å². The molecule has 0 amide bonds. The molecule has 0 aromatic carbocycles. The van der Waals surface area contributed by atoms with Gasteiger partial charge in [0.25, 0.3) is 0 Å². The summed E-state index contributed by atoms with van der Waals surface area (Å²) < 4.78 is 6.94. The summed E-state index contributed by atoms with van der Waals surface area (Å²) in [5.41, 5.74) is 1.45. The summed E-state index contributed by atoms with van der Waals surface area (Å²) >= 11 is 12.2. The van der Waals surface area contributed by atoms with Gasteiger partial charge in [0.1, 0.15) is 10.3 Å². The summed E-state index contributed by atoms with van der Waals surface area (Å²) in [6.45, 7) is 8.56. The first kappa shape index (κ1) is 19.0. The SMILES string of the molecule is CCCC(CC)COC(=O)c1nn2c(Cl)cc(Cl)nc2c1C(C)C. The van der Waals surface area contributed by atoms with Crippen LogP contribution in [0.3, 0.4) is 0 Å². The van der Waals surface area contributed by atoms with Gasteiger partial charge in [0.05, 0.1) is 6.61 Å². The number of carbonyl (C=O) groups is 1. The van der Waals surface area contributed by atoms with Crippen LogP contribution in [-0.2, 0) is 4.74 Å². The summed E-state index contributed by atoms with van der Waals surface area (Å²) in [6.07, 6.45) is 3.08. The number of nitrogens with zero attached hydrogens (tertiary/aromatic N) is 3. The van der Waals surface area contributed by atoms with Gasteiger partial charge in [0.15, 0.2) is 11.3 Å². The number of aromatic nitrogens is 3. The first-order valence-electron chi connectivity index (χ1n) is 8.30. The van der Waals surface area contributed by atoms with Gasteiger partial charge < -0.3 is 4.74 Å². The molecular weight excluding hydrogens is 349 g/mol. The molecule has 2 heterocycles. The van der Waals surface area contributed by atoms with E-state index < -0.39 is 5.97 Å². The Morgan fingerprint density at radius 3 is 2.62 bits per heavy atom. The molecule has 2 rings (SSSR count). The van der Waals surface area contributed by atoms with E-state index in [1.165, 1.54) is 10.6 Å². The van der Waals surface area contributed by atoms with E-state index >= 15 is 0 Å². The second-order valence-electron chi connectivity index (χ2n) is 6.22. The number of rotatable bonds is 7. The van der Waals surface area contributed by atoms with E-state index in [0.29, 0.717) is 28.9 Å². The Hall–Kier alpha value is -1.33. The van der Waals surface area contributed by atoms with Crippen LogP contribution in [0.15, 0.2) is 6.07 Å². The summed E-state index contributed by atoms with van der Waals surface area (Å²) in [5, 5.41) is 4.89. The number of carbonyl (C=O) groups excluding carboxylic acids is 1. The fraction of sp³-hybridized carbons (Fsp3) is 0.588. The molecule has 0 bridgehead atoms. The van der Waals surface area contributed by atoms with Crippen LogP contribution < -0.4 is 0 Å². The largest absolute Gasteiger partial charge is 0.461 e. The topological polar surface area (TPSA) is 56.5 Å². The minimum Gasteiger partial charge on any atom is -0.461 e. The second kappa shape index (κ2) is 8.17. The summed E-state index contributed by atoms with van der Waals surface area (Å²) in [7, 11) is 0. The summed E-state index contributed by atoms with van der Waals surface area (Å²) in [5.74, 6) is -0.0368. The van der Waals surface area contributed by atoms with Crippen LogP contribution in [0.25, 0.3) is 5.65 Å². The van der Waals surface area contributed by atoms with Gasteiger partial charge in [0.2, 0.25) is 0 Å². The van der Waals surface area contributed by atoms with E-state index in [0.717, 1.165) is 19.3 Å². The maximum Gasteiger partial charge on any atom is 0.359 e. The predicted octanol–water partition coefficient (Wildman–Crippen LogP) is 5.14. The molecule has 5 nitrogen and oxygen atoms in total. The number of ether oxygens (including phenoxy) is 1. The molecule has 0 spiro atoms. The number of fused-ring (bicyclic) bond motifs is 1. The zero-order chi connectivity index (χ0) is 17.9. The molecule has 7 heteroatoms. The van der Waals surface area contributed by atoms with E-state index in [2.05, 4.69) is 23.9 Å². The Morgan fingerprint density at radius 2 is 2.04 bits per heavy atom. The molecular formula is C17H23Cl2N3O2. The number of hydrogen-bond donors (Lipinski definition) is 0. The van der Waals surface area contributed by atoms with Gasteiger partial charge in [-0.2, -0.15) is 5.10 Å². The van der Waals surface area contributed by atoms with Crippen molar-refractivity contribution in [3.05, 3.63) is 27.6 Å². The summed E-state index contributed by atoms with van der Waals surface area (Å²) in [6, 6.07) is 1.50. The minimum atomic E-state index is -0.439. The Bertz CT molecular complexity index is 728. The fourth-order valence-electron chi connectivity index (χ4n) is 2.73. The van der Waals surface area contributed by atoms with Crippen molar-refractivity contribution in [2.45, 2.75) is 52.9 Å². The van der Waals surface area contributed by atoms with Crippen molar-refractivity contribution in [2.24, 2.45) is 5.92 Å². The lowest BCUT2D eigenvalue weighted by molar-refractivity contribution is 0.0420. The molecule has 24 heavy (non-hydrogen) atoms. The monoisotopic (exact) mass is 371 g/mol. The zero-order valence-corrected chi connectivity index (χ0v) is 16.0. The highest BCUT2D eigenvalue weighted by atomic mass is 35.5. The van der Waals surface area contributed by atoms with Crippen LogP contribution in [0.5, 0.6) is 0 Å². The van der Waals surface area contributed by atoms with E-state index in [4.69, 9.17) is 27.9 Å². The van der Waals surface area contributed by atoms with Crippen molar-refractivity contribution in [3.63, 3.8) is 0 Å². The Morgan fingerprint density at radius 1 is 1.33 bits per heavy atom. The average Bonchev–Trinajstić information content (AvgIpc) is 2.90. The highest BCUT2D eigenvalue weighted by molar-refractivity contribution is 6.33. The van der Waals surface area contributed by atoms with Gasteiger partial charge in [-0.25, -0.2) is 14.3 Å². The molecule has 0 aliphatic carbocycles. The van der Waals surface area contributed by atoms with Crippen LogP contribution in [0.4, 0.5) is 0 Å². The van der Waals surface area contributed by atoms with Crippen molar-refractivity contribution in [2.75, 3.05) is 6.61 Å². The standard InChI is InChI=1S/C17H23Cl2N3O2/c1-5-7-11(6-2)9-24-17(23)15-14(10(3)4)16-20-12(18)8-13(19)22(16)21-15/h8,10-11H,5-7,9H2,1-4H3. The lowest BCUT2D eigenvalue weighted by Crippen LogP contribution is -2.15. The van der Waals surface area contributed by atoms with Gasteiger partial charge in [-0.3, -0.25) is 0 Å². The van der Waals surface area contributed by atoms with Crippen molar-refractivity contribution < 1.29 is 9.53 Å². The molecule has 2 aromatic heterocycles. The quantitative estimate of drug-likeness (QED) is 0.499. The molecule has 0 aliphatic rings. The third kappa shape index (κ3) is 4.01. The van der Waals surface area contributed by atoms with Crippen molar-refractivity contribution in [1.29, 1.82) is 0 Å². The van der Waals surface area contributed by atoms with E-state index in [1.54, 1.807) is 0 Å². The predicted molar refractivity (Wildman–Crippen MR) is 96.1 cm³/mol. The van der Waals surface area contributed by atoms with Gasteiger partial charge in [-0.05, 0) is 18.3 Å². The first-order valence-corrected chi connectivity index (χ1v) is 9.06. The molecule has 2 aromatic rings. The molecule has 132 valence electrons. The number of halogens is 2. The average molecular weight is 372 g/mol. The molecule has 0 saturated carbocycles. The minimum absolute atomic E-state index is 0.0321. The third-order valence-corrected chi connectivity index (χ3v) is 4.51. The number of hydrogen-bond acceptors (Lipinski definition) is 4. The Kier molecular flexibility index (Phi) is 6.47. The van der Waals surface area contributed by atoms with Crippen LogP contribution >= 0.6 is 23.2 Å². The van der Waals surface area contributed by atoms with Crippen LogP contribution in [0, 0.1) is 5.92 Å². The van der Waals surface area contributed by atoms with Crippen molar-refractivity contribution >= 4 is 34.8 Å². The Balaban J connectivity index is 2.35. The molecule has 0 saturated heterocycles. The van der Waals surface area contributed by atoms with Gasteiger partial charge in [-0.15, -0.1) is 0 Å². The van der Waals surface area contributed by atoms with Crippen molar-refractivity contribution in [3.8, 4) is 0 Å². The Labute approximate surface area is 152 Å². The van der Waals surface area contributed by atoms with E-state index in [1.807, 2.05) is 13.8 Å².